The van der Waals surface area contributed by atoms with Gasteiger partial charge in [-0.1, -0.05) is 35.9 Å². The van der Waals surface area contributed by atoms with E-state index in [1.54, 1.807) is 30.3 Å². The second kappa shape index (κ2) is 10.6. The zero-order valence-electron chi connectivity index (χ0n) is 17.8. The minimum Gasteiger partial charge on any atom is -0.490 e. The third kappa shape index (κ3) is 5.26. The smallest absolute Gasteiger partial charge is 0.328 e. The van der Waals surface area contributed by atoms with Crippen LogP contribution in [-0.2, 0) is 20.9 Å². The maximum Gasteiger partial charge on any atom is 0.328 e. The van der Waals surface area contributed by atoms with Gasteiger partial charge in [0, 0.05) is 10.6 Å². The normalized spacial score (nSPS) is 15.8. The summed E-state index contributed by atoms with van der Waals surface area (Å²) in [5.41, 5.74) is 1.49. The van der Waals surface area contributed by atoms with Crippen LogP contribution in [0.5, 0.6) is 11.5 Å². The lowest BCUT2D eigenvalue weighted by atomic mass is 10.1. The van der Waals surface area contributed by atoms with Crippen molar-refractivity contribution >= 4 is 46.6 Å². The molecule has 3 rings (SSSR count). The number of halogens is 1. The average molecular weight is 476 g/mol. The van der Waals surface area contributed by atoms with E-state index in [0.29, 0.717) is 28.7 Å². The summed E-state index contributed by atoms with van der Waals surface area (Å²) < 4.78 is 16.2. The number of carbonyl (C=O) groups excluding carboxylic acids is 3. The molecule has 0 N–H and O–H groups in total. The second-order valence-electron chi connectivity index (χ2n) is 6.77. The van der Waals surface area contributed by atoms with Gasteiger partial charge in [0.1, 0.15) is 12.6 Å². The van der Waals surface area contributed by atoms with Crippen molar-refractivity contribution in [3.63, 3.8) is 0 Å². The predicted octanol–water partition coefficient (Wildman–Crippen LogP) is 4.92. The summed E-state index contributed by atoms with van der Waals surface area (Å²) >= 11 is 6.96. The molecule has 0 unspecified atom stereocenters. The first-order chi connectivity index (χ1) is 15.3. The highest BCUT2D eigenvalue weighted by Crippen LogP contribution is 2.36. The fraction of sp³-hybridized carbons (Fsp3) is 0.261. The first kappa shape index (κ1) is 23.7. The fourth-order valence-electron chi connectivity index (χ4n) is 3.01. The lowest BCUT2D eigenvalue weighted by Gasteiger charge is -2.18. The van der Waals surface area contributed by atoms with E-state index in [2.05, 4.69) is 4.74 Å². The zero-order chi connectivity index (χ0) is 23.3. The van der Waals surface area contributed by atoms with Crippen molar-refractivity contribution in [2.45, 2.75) is 26.5 Å². The first-order valence-corrected chi connectivity index (χ1v) is 11.0. The number of nitrogens with zero attached hydrogens (tertiary/aromatic N) is 1. The van der Waals surface area contributed by atoms with Crippen molar-refractivity contribution in [2.24, 2.45) is 0 Å². The van der Waals surface area contributed by atoms with E-state index in [4.69, 9.17) is 21.1 Å². The number of hydrogen-bond donors (Lipinski definition) is 0. The number of thioether (sulfide) groups is 1. The molecule has 1 aliphatic heterocycles. The van der Waals surface area contributed by atoms with Gasteiger partial charge in [0.2, 0.25) is 0 Å². The quantitative estimate of drug-likeness (QED) is 0.396. The Hall–Kier alpha value is -2.97. The number of methoxy groups -OCH3 is 1. The van der Waals surface area contributed by atoms with Gasteiger partial charge in [0.15, 0.2) is 11.5 Å². The number of esters is 1. The van der Waals surface area contributed by atoms with Crippen molar-refractivity contribution in [1.82, 2.24) is 4.90 Å². The first-order valence-electron chi connectivity index (χ1n) is 9.83. The van der Waals surface area contributed by atoms with Crippen LogP contribution in [0.3, 0.4) is 0 Å². The minimum atomic E-state index is -1.00. The van der Waals surface area contributed by atoms with Crippen LogP contribution in [0.25, 0.3) is 6.08 Å². The molecule has 0 aliphatic carbocycles. The summed E-state index contributed by atoms with van der Waals surface area (Å²) in [6.07, 6.45) is 1.58. The van der Waals surface area contributed by atoms with Crippen LogP contribution in [0.15, 0.2) is 47.4 Å². The Morgan fingerprint density at radius 2 is 1.91 bits per heavy atom. The number of hydrogen-bond acceptors (Lipinski definition) is 7. The van der Waals surface area contributed by atoms with Crippen molar-refractivity contribution in [1.29, 1.82) is 0 Å². The second-order valence-corrected chi connectivity index (χ2v) is 8.17. The summed E-state index contributed by atoms with van der Waals surface area (Å²) in [5, 5.41) is 0.0860. The van der Waals surface area contributed by atoms with Gasteiger partial charge in [-0.15, -0.1) is 0 Å². The van der Waals surface area contributed by atoms with Crippen LogP contribution in [-0.4, -0.2) is 41.8 Å². The van der Waals surface area contributed by atoms with Crippen LogP contribution in [0.1, 0.15) is 25.0 Å². The van der Waals surface area contributed by atoms with E-state index >= 15 is 0 Å². The third-order valence-electron chi connectivity index (χ3n) is 4.66. The number of rotatable bonds is 8. The Morgan fingerprint density at radius 1 is 1.16 bits per heavy atom. The molecule has 2 amide bonds. The van der Waals surface area contributed by atoms with Crippen molar-refractivity contribution in [3.05, 3.63) is 63.5 Å². The highest BCUT2D eigenvalue weighted by Gasteiger charge is 2.41. The molecular formula is C23H22ClNO6S. The van der Waals surface area contributed by atoms with Gasteiger partial charge in [0.25, 0.3) is 11.1 Å². The van der Waals surface area contributed by atoms with E-state index in [-0.39, 0.29) is 11.5 Å². The highest BCUT2D eigenvalue weighted by molar-refractivity contribution is 8.18. The summed E-state index contributed by atoms with van der Waals surface area (Å²) in [5.74, 6) is -0.186. The molecule has 7 nitrogen and oxygen atoms in total. The number of ether oxygens (including phenoxy) is 3. The maximum atomic E-state index is 12.7. The van der Waals surface area contributed by atoms with Crippen LogP contribution in [0.2, 0.25) is 5.02 Å². The standard InChI is InChI=1S/C23H22ClNO6S/c1-4-30-19-11-15(9-10-18(19)31-13-16-7-5-6-8-17(16)24)12-20-21(26)25(23(28)32-20)14(2)22(27)29-3/h5-12,14H,4,13H2,1-3H3/b20-12+/t14-/m0/s1. The highest BCUT2D eigenvalue weighted by atomic mass is 35.5. The Morgan fingerprint density at radius 3 is 2.59 bits per heavy atom. The largest absolute Gasteiger partial charge is 0.490 e. The van der Waals surface area contributed by atoms with E-state index < -0.39 is 23.2 Å². The molecule has 32 heavy (non-hydrogen) atoms. The lowest BCUT2D eigenvalue weighted by Crippen LogP contribution is -2.42. The fourth-order valence-corrected chi connectivity index (χ4v) is 4.11. The summed E-state index contributed by atoms with van der Waals surface area (Å²) in [6.45, 7) is 3.98. The van der Waals surface area contributed by atoms with Crippen LogP contribution in [0, 0.1) is 0 Å². The Labute approximate surface area is 195 Å². The van der Waals surface area contributed by atoms with Crippen LogP contribution >= 0.6 is 23.4 Å². The number of amides is 2. The Balaban J connectivity index is 1.81. The van der Waals surface area contributed by atoms with Crippen molar-refractivity contribution in [2.75, 3.05) is 13.7 Å². The molecule has 0 radical (unpaired) electrons. The molecule has 0 saturated carbocycles. The molecule has 9 heteroatoms. The SMILES string of the molecule is CCOc1cc(/C=C2/SC(=O)N([C@@H](C)C(=O)OC)C2=O)ccc1OCc1ccccc1Cl. The average Bonchev–Trinajstić information content (AvgIpc) is 3.06. The van der Waals surface area contributed by atoms with E-state index in [1.807, 2.05) is 25.1 Å². The van der Waals surface area contributed by atoms with Gasteiger partial charge in [-0.25, -0.2) is 4.79 Å². The summed E-state index contributed by atoms with van der Waals surface area (Å²) in [4.78, 5) is 37.8. The van der Waals surface area contributed by atoms with Gasteiger partial charge >= 0.3 is 5.97 Å². The van der Waals surface area contributed by atoms with Gasteiger partial charge in [-0.2, -0.15) is 0 Å². The minimum absolute atomic E-state index is 0.206. The lowest BCUT2D eigenvalue weighted by molar-refractivity contribution is -0.148. The molecule has 1 aliphatic rings. The molecule has 2 aromatic rings. The molecule has 0 aromatic heterocycles. The maximum absolute atomic E-state index is 12.7. The molecule has 1 saturated heterocycles. The van der Waals surface area contributed by atoms with Crippen molar-refractivity contribution < 1.29 is 28.6 Å². The molecule has 1 fully saturated rings. The molecule has 168 valence electrons. The van der Waals surface area contributed by atoms with Gasteiger partial charge in [0.05, 0.1) is 18.6 Å². The van der Waals surface area contributed by atoms with Gasteiger partial charge in [-0.3, -0.25) is 14.5 Å². The third-order valence-corrected chi connectivity index (χ3v) is 5.91. The molecule has 0 bridgehead atoms. The predicted molar refractivity (Wildman–Crippen MR) is 123 cm³/mol. The monoisotopic (exact) mass is 475 g/mol. The van der Waals surface area contributed by atoms with E-state index in [9.17, 15) is 14.4 Å². The molecule has 0 spiro atoms. The molecule has 1 heterocycles. The Kier molecular flexibility index (Phi) is 7.82. The van der Waals surface area contributed by atoms with E-state index in [0.717, 1.165) is 22.2 Å². The van der Waals surface area contributed by atoms with Crippen molar-refractivity contribution in [3.8, 4) is 11.5 Å². The number of imide groups is 1. The van der Waals surface area contributed by atoms with Crippen LogP contribution in [0.4, 0.5) is 4.79 Å². The van der Waals surface area contributed by atoms with Gasteiger partial charge in [-0.05, 0) is 55.4 Å². The summed E-state index contributed by atoms with van der Waals surface area (Å²) in [6, 6.07) is 11.6. The topological polar surface area (TPSA) is 82.1 Å². The number of carbonyl (C=O) groups is 3. The van der Waals surface area contributed by atoms with Gasteiger partial charge < -0.3 is 14.2 Å². The zero-order valence-corrected chi connectivity index (χ0v) is 19.4. The molecule has 1 atom stereocenters. The molecule has 2 aromatic carbocycles. The number of benzene rings is 2. The molecular weight excluding hydrogens is 454 g/mol. The van der Waals surface area contributed by atoms with Crippen LogP contribution < -0.4 is 9.47 Å². The summed E-state index contributed by atoms with van der Waals surface area (Å²) in [7, 11) is 1.21. The van der Waals surface area contributed by atoms with E-state index in [1.165, 1.54) is 14.0 Å². The Bertz CT molecular complexity index is 1070.